The van der Waals surface area contributed by atoms with Crippen molar-refractivity contribution in [2.75, 3.05) is 64.2 Å². The fourth-order valence-corrected chi connectivity index (χ4v) is 8.41. The maximum Gasteiger partial charge on any atom is 0.410 e. The summed E-state index contributed by atoms with van der Waals surface area (Å²) in [5.74, 6) is -0.119. The van der Waals surface area contributed by atoms with Gasteiger partial charge in [-0.3, -0.25) is 9.69 Å². The predicted molar refractivity (Wildman–Crippen MR) is 184 cm³/mol. The average Bonchev–Trinajstić information content (AvgIpc) is 3.25. The molecule has 0 unspecified atom stereocenters. The van der Waals surface area contributed by atoms with E-state index in [1.165, 1.54) is 0 Å². The molecule has 6 rings (SSSR count). The van der Waals surface area contributed by atoms with Crippen LogP contribution in [0.1, 0.15) is 38.2 Å². The van der Waals surface area contributed by atoms with Crippen LogP contribution < -0.4 is 10.6 Å². The molecule has 4 aliphatic rings. The van der Waals surface area contributed by atoms with Gasteiger partial charge in [0.2, 0.25) is 0 Å². The molecule has 250 valence electrons. The largest absolute Gasteiger partial charge is 0.506 e. The van der Waals surface area contributed by atoms with Crippen molar-refractivity contribution in [2.24, 2.45) is 0 Å². The Bertz CT molecular complexity index is 1410. The predicted octanol–water partition coefficient (Wildman–Crippen LogP) is 4.66. The molecule has 4 amide bonds. The number of rotatable bonds is 6. The number of hydrogen-bond acceptors (Lipinski definition) is 7. The molecule has 3 saturated heterocycles. The Labute approximate surface area is 288 Å². The second-order valence-electron chi connectivity index (χ2n) is 12.6. The van der Waals surface area contributed by atoms with Gasteiger partial charge in [0, 0.05) is 84.5 Å². The number of nitrogens with zero attached hydrogens (tertiary/aromatic N) is 4. The molecule has 0 spiro atoms. The van der Waals surface area contributed by atoms with Gasteiger partial charge in [-0.25, -0.2) is 9.59 Å². The minimum atomic E-state index is -1.00. The highest BCUT2D eigenvalue weighted by atomic mass is 79.9. The molecule has 3 fully saturated rings. The molecule has 0 radical (unpaired) electrons. The fourth-order valence-electron chi connectivity index (χ4n) is 7.13. The standard InChI is InChI=1S/C33H42Br2N6O5.H2/c34-26-19-22(20-27(35)30(26)42)21-29(31(43)39-12-6-24(7-13-39)38-17-10-36-11-18-38)46-33(45)40-14-8-25(9-15-40)41-16-5-23-3-1-2-4-28(23)37-32(41)44;/h1-4,19-20,24-25,29,36,42H,5-18,21H2,(H,37,44);1H/t29-;/m1./s1. The first-order valence-corrected chi connectivity index (χ1v) is 17.9. The van der Waals surface area contributed by atoms with Crippen molar-refractivity contribution in [1.82, 2.24) is 24.9 Å². The highest BCUT2D eigenvalue weighted by Gasteiger charge is 2.36. The van der Waals surface area contributed by atoms with E-state index >= 15 is 0 Å². The van der Waals surface area contributed by atoms with Crippen molar-refractivity contribution in [3.63, 3.8) is 0 Å². The van der Waals surface area contributed by atoms with E-state index < -0.39 is 12.2 Å². The molecule has 0 aliphatic carbocycles. The van der Waals surface area contributed by atoms with E-state index in [1.807, 2.05) is 34.1 Å². The SMILES string of the molecule is O=C(O[C@H](Cc1cc(Br)c(O)c(Br)c1)C(=O)N1CCC(N2CCNCC2)CC1)N1CCC(N2CCc3ccccc3NC2=O)CC1.[HH]. The Hall–Kier alpha value is -2.87. The van der Waals surface area contributed by atoms with Crippen LogP contribution >= 0.6 is 31.9 Å². The maximum atomic E-state index is 13.9. The highest BCUT2D eigenvalue weighted by Crippen LogP contribution is 2.34. The second kappa shape index (κ2) is 14.9. The topological polar surface area (TPSA) is 118 Å². The van der Waals surface area contributed by atoms with Gasteiger partial charge in [0.05, 0.1) is 8.95 Å². The number of phenols is 1. The van der Waals surface area contributed by atoms with E-state index in [4.69, 9.17) is 4.74 Å². The maximum absolute atomic E-state index is 13.9. The van der Waals surface area contributed by atoms with Gasteiger partial charge in [-0.15, -0.1) is 0 Å². The molecule has 3 N–H and O–H groups in total. The number of fused-ring (bicyclic) bond motifs is 1. The Morgan fingerprint density at radius 1 is 0.913 bits per heavy atom. The summed E-state index contributed by atoms with van der Waals surface area (Å²) in [6.07, 6.45) is 2.50. The van der Waals surface area contributed by atoms with Crippen LogP contribution in [0.25, 0.3) is 0 Å². The number of likely N-dealkylation sites (tertiary alicyclic amines) is 2. The molecule has 0 bridgehead atoms. The third-order valence-corrected chi connectivity index (χ3v) is 11.0. The number of halogens is 2. The third kappa shape index (κ3) is 7.64. The van der Waals surface area contributed by atoms with Crippen LogP contribution in [-0.4, -0.2) is 120 Å². The number of hydrogen-bond donors (Lipinski definition) is 3. The van der Waals surface area contributed by atoms with E-state index in [9.17, 15) is 19.5 Å². The second-order valence-corrected chi connectivity index (χ2v) is 14.3. The lowest BCUT2D eigenvalue weighted by molar-refractivity contribution is -0.142. The minimum Gasteiger partial charge on any atom is -0.506 e. The summed E-state index contributed by atoms with van der Waals surface area (Å²) >= 11 is 6.76. The van der Waals surface area contributed by atoms with Gasteiger partial charge in [-0.1, -0.05) is 18.2 Å². The van der Waals surface area contributed by atoms with Crippen molar-refractivity contribution in [1.29, 1.82) is 0 Å². The number of nitrogens with one attached hydrogen (secondary N) is 2. The number of piperidine rings is 2. The van der Waals surface area contributed by atoms with Gasteiger partial charge in [0.1, 0.15) is 5.75 Å². The van der Waals surface area contributed by atoms with Crippen molar-refractivity contribution in [2.45, 2.75) is 56.7 Å². The summed E-state index contributed by atoms with van der Waals surface area (Å²) in [6, 6.07) is 11.7. The van der Waals surface area contributed by atoms with Crippen LogP contribution in [-0.2, 0) is 22.4 Å². The fraction of sp³-hybridized carbons (Fsp3) is 0.545. The van der Waals surface area contributed by atoms with Crippen LogP contribution in [0.2, 0.25) is 0 Å². The molecule has 0 saturated carbocycles. The lowest BCUT2D eigenvalue weighted by atomic mass is 10.0. The Kier molecular flexibility index (Phi) is 10.7. The zero-order valence-corrected chi connectivity index (χ0v) is 29.1. The van der Waals surface area contributed by atoms with E-state index in [2.05, 4.69) is 47.4 Å². The summed E-state index contributed by atoms with van der Waals surface area (Å²) in [5.41, 5.74) is 2.73. The number of piperazine rings is 1. The number of urea groups is 1. The van der Waals surface area contributed by atoms with Crippen molar-refractivity contribution >= 4 is 55.6 Å². The minimum absolute atomic E-state index is 0. The van der Waals surface area contributed by atoms with E-state index in [0.717, 1.165) is 62.3 Å². The molecule has 0 aromatic heterocycles. The molecule has 2 aromatic rings. The Morgan fingerprint density at radius 3 is 2.24 bits per heavy atom. The lowest BCUT2D eigenvalue weighted by Gasteiger charge is -2.41. The van der Waals surface area contributed by atoms with Crippen molar-refractivity contribution in [3.05, 3.63) is 56.5 Å². The summed E-state index contributed by atoms with van der Waals surface area (Å²) in [5, 5.41) is 16.7. The highest BCUT2D eigenvalue weighted by molar-refractivity contribution is 9.11. The normalized spacial score (nSPS) is 20.9. The van der Waals surface area contributed by atoms with Gasteiger partial charge in [-0.05, 0) is 93.3 Å². The number of carbonyl (C=O) groups is 3. The van der Waals surface area contributed by atoms with Crippen molar-refractivity contribution in [3.8, 4) is 5.75 Å². The molecule has 1 atom stereocenters. The Balaban J connectivity index is 0.00000433. The molecular formula is C33H44Br2N6O5. The number of para-hydroxylation sites is 1. The number of phenolic OH excluding ortho intramolecular Hbond substituents is 1. The van der Waals surface area contributed by atoms with Crippen LogP contribution in [0.3, 0.4) is 0 Å². The number of anilines is 1. The van der Waals surface area contributed by atoms with Gasteiger partial charge in [-0.2, -0.15) is 0 Å². The number of amides is 4. The molecule has 2 aromatic carbocycles. The van der Waals surface area contributed by atoms with E-state index in [0.29, 0.717) is 60.6 Å². The van der Waals surface area contributed by atoms with Gasteiger partial charge < -0.3 is 35.2 Å². The lowest BCUT2D eigenvalue weighted by Crippen LogP contribution is -2.54. The smallest absolute Gasteiger partial charge is 0.410 e. The van der Waals surface area contributed by atoms with Crippen molar-refractivity contribution < 1.29 is 25.7 Å². The molecule has 11 nitrogen and oxygen atoms in total. The number of ether oxygens (including phenoxy) is 1. The number of aromatic hydroxyl groups is 1. The molecule has 13 heteroatoms. The summed E-state index contributed by atoms with van der Waals surface area (Å²) in [6.45, 7) is 6.78. The monoisotopic (exact) mass is 762 g/mol. The van der Waals surface area contributed by atoms with Crippen LogP contribution in [0.5, 0.6) is 5.75 Å². The summed E-state index contributed by atoms with van der Waals surface area (Å²) < 4.78 is 7.01. The van der Waals surface area contributed by atoms with E-state index in [-0.39, 0.29) is 31.6 Å². The summed E-state index contributed by atoms with van der Waals surface area (Å²) in [7, 11) is 0. The number of benzene rings is 2. The van der Waals surface area contributed by atoms with Crippen LogP contribution in [0, 0.1) is 0 Å². The Morgan fingerprint density at radius 2 is 1.54 bits per heavy atom. The molecule has 4 aliphatic heterocycles. The molecule has 4 heterocycles. The van der Waals surface area contributed by atoms with E-state index in [1.54, 1.807) is 17.0 Å². The summed E-state index contributed by atoms with van der Waals surface area (Å²) in [4.78, 5) is 48.4. The molecule has 46 heavy (non-hydrogen) atoms. The molecular weight excluding hydrogens is 720 g/mol. The first kappa shape index (κ1) is 33.0. The zero-order chi connectivity index (χ0) is 32.2. The van der Waals surface area contributed by atoms with Crippen LogP contribution in [0.15, 0.2) is 45.3 Å². The van der Waals surface area contributed by atoms with Gasteiger partial charge in [0.25, 0.3) is 5.91 Å². The third-order valence-electron chi connectivity index (χ3n) is 9.77. The first-order valence-electron chi connectivity index (χ1n) is 16.3. The number of carbonyl (C=O) groups excluding carboxylic acids is 3. The van der Waals surface area contributed by atoms with Crippen LogP contribution in [0.4, 0.5) is 15.3 Å². The quantitative estimate of drug-likeness (QED) is 0.392. The zero-order valence-electron chi connectivity index (χ0n) is 25.9. The van der Waals surface area contributed by atoms with Gasteiger partial charge in [0.15, 0.2) is 6.10 Å². The average molecular weight is 765 g/mol. The first-order chi connectivity index (χ1) is 22.3. The van der Waals surface area contributed by atoms with Gasteiger partial charge >= 0.3 is 12.1 Å².